The van der Waals surface area contributed by atoms with Gasteiger partial charge in [-0.2, -0.15) is 0 Å². The minimum Gasteiger partial charge on any atom is -0.364 e. The van der Waals surface area contributed by atoms with Crippen molar-refractivity contribution in [1.82, 2.24) is 25.1 Å². The Bertz CT molecular complexity index is 1210. The number of hydrogen-bond donors (Lipinski definition) is 3. The van der Waals surface area contributed by atoms with E-state index in [1.807, 2.05) is 17.0 Å². The smallest absolute Gasteiger partial charge is 0.317 e. The third kappa shape index (κ3) is 6.40. The molecule has 1 aromatic carbocycles. The van der Waals surface area contributed by atoms with Gasteiger partial charge < -0.3 is 31.1 Å². The van der Waals surface area contributed by atoms with Gasteiger partial charge in [0.15, 0.2) is 11.5 Å². The molecule has 1 saturated carbocycles. The van der Waals surface area contributed by atoms with Gasteiger partial charge in [0, 0.05) is 57.9 Å². The number of rotatable bonds is 7. The molecule has 2 saturated heterocycles. The van der Waals surface area contributed by atoms with Crippen molar-refractivity contribution in [3.8, 4) is 0 Å². The molecule has 1 unspecified atom stereocenters. The third-order valence-corrected chi connectivity index (χ3v) is 7.85. The maximum Gasteiger partial charge on any atom is 0.317 e. The summed E-state index contributed by atoms with van der Waals surface area (Å²) < 4.78 is 0. The number of hydrogen-bond acceptors (Lipinski definition) is 7. The molecule has 1 aromatic heterocycles. The van der Waals surface area contributed by atoms with Crippen LogP contribution in [0, 0.1) is 5.92 Å². The minimum absolute atomic E-state index is 0.00564. The van der Waals surface area contributed by atoms with E-state index in [1.165, 1.54) is 10.5 Å². The van der Waals surface area contributed by atoms with Gasteiger partial charge in [-0.05, 0) is 62.1 Å². The number of likely N-dealkylation sites (tertiary alicyclic amines) is 1. The predicted molar refractivity (Wildman–Crippen MR) is 149 cm³/mol. The fourth-order valence-corrected chi connectivity index (χ4v) is 5.40. The van der Waals surface area contributed by atoms with Gasteiger partial charge in [-0.3, -0.25) is 9.59 Å². The first-order chi connectivity index (χ1) is 18.8. The van der Waals surface area contributed by atoms with E-state index in [1.54, 1.807) is 20.3 Å². The van der Waals surface area contributed by atoms with Crippen LogP contribution in [0.4, 0.5) is 22.1 Å². The summed E-state index contributed by atoms with van der Waals surface area (Å²) in [6.45, 7) is 3.02. The molecule has 5 rings (SSSR count). The van der Waals surface area contributed by atoms with E-state index < -0.39 is 5.91 Å². The van der Waals surface area contributed by atoms with E-state index in [0.29, 0.717) is 30.0 Å². The van der Waals surface area contributed by atoms with Crippen molar-refractivity contribution in [2.24, 2.45) is 11.7 Å². The Morgan fingerprint density at radius 2 is 1.72 bits per heavy atom. The number of benzene rings is 1. The summed E-state index contributed by atoms with van der Waals surface area (Å²) >= 11 is 0. The van der Waals surface area contributed by atoms with Crippen molar-refractivity contribution >= 4 is 35.2 Å². The normalized spacial score (nSPS) is 19.9. The number of nitrogens with one attached hydrogen (secondary N) is 2. The second kappa shape index (κ2) is 11.5. The van der Waals surface area contributed by atoms with Gasteiger partial charge in [-0.15, -0.1) is 0 Å². The van der Waals surface area contributed by atoms with E-state index in [-0.39, 0.29) is 23.7 Å². The van der Waals surface area contributed by atoms with Crippen LogP contribution < -0.4 is 21.3 Å². The zero-order chi connectivity index (χ0) is 27.5. The maximum absolute atomic E-state index is 12.4. The van der Waals surface area contributed by atoms with Crippen LogP contribution in [0.15, 0.2) is 30.5 Å². The first-order valence-electron chi connectivity index (χ1n) is 13.8. The van der Waals surface area contributed by atoms with Gasteiger partial charge >= 0.3 is 6.03 Å². The van der Waals surface area contributed by atoms with Crippen LogP contribution in [0.25, 0.3) is 0 Å². The van der Waals surface area contributed by atoms with Gasteiger partial charge in [-0.1, -0.05) is 12.1 Å². The highest BCUT2D eigenvalue weighted by Crippen LogP contribution is 2.35. The van der Waals surface area contributed by atoms with Crippen LogP contribution in [-0.2, 0) is 4.79 Å². The number of nitrogens with two attached hydrogens (primary N) is 1. The summed E-state index contributed by atoms with van der Waals surface area (Å²) in [6.07, 6.45) is 7.38. The van der Waals surface area contributed by atoms with Gasteiger partial charge in [0.2, 0.25) is 5.91 Å². The number of piperidine rings is 2. The number of carbonyl (C=O) groups is 3. The van der Waals surface area contributed by atoms with Crippen molar-refractivity contribution in [2.45, 2.75) is 50.5 Å². The Labute approximate surface area is 229 Å². The lowest BCUT2D eigenvalue weighted by Crippen LogP contribution is -2.50. The summed E-state index contributed by atoms with van der Waals surface area (Å²) in [4.78, 5) is 51.2. The molecule has 3 aliphatic rings. The number of primary amides is 1. The SMILES string of the molecule is CN(C)C(=O)NC1CCCN(c2cnc(C(N)=O)c(Nc3ccc(C4CCN(C(=O)C5CC5)CC4)cc3)n2)C1. The van der Waals surface area contributed by atoms with E-state index in [0.717, 1.165) is 63.8 Å². The molecule has 0 bridgehead atoms. The van der Waals surface area contributed by atoms with Crippen molar-refractivity contribution in [3.63, 3.8) is 0 Å². The standard InChI is InChI=1S/C28H38N8O3/c1-34(2)28(39)32-22-4-3-13-36(17-22)23-16-30-24(25(29)37)26(33-23)31-21-9-7-18(8-10-21)19-11-14-35(15-12-19)27(38)20-5-6-20/h7-10,16,19-20,22H,3-6,11-15,17H2,1-2H3,(H2,29,37)(H,31,33)(H,32,39). The molecule has 3 heterocycles. The first kappa shape index (κ1) is 26.7. The van der Waals surface area contributed by atoms with E-state index in [4.69, 9.17) is 10.7 Å². The number of amides is 4. The molecule has 208 valence electrons. The second-order valence-electron chi connectivity index (χ2n) is 11.0. The van der Waals surface area contributed by atoms with Crippen LogP contribution >= 0.6 is 0 Å². The van der Waals surface area contributed by atoms with Gasteiger partial charge in [0.05, 0.1) is 6.20 Å². The molecule has 11 heteroatoms. The summed E-state index contributed by atoms with van der Waals surface area (Å²) in [5.74, 6) is 1.30. The number of aromatic nitrogens is 2. The maximum atomic E-state index is 12.4. The molecule has 11 nitrogen and oxygen atoms in total. The van der Waals surface area contributed by atoms with E-state index in [9.17, 15) is 14.4 Å². The first-order valence-corrected chi connectivity index (χ1v) is 13.8. The highest BCUT2D eigenvalue weighted by Gasteiger charge is 2.35. The monoisotopic (exact) mass is 534 g/mol. The lowest BCUT2D eigenvalue weighted by Gasteiger charge is -2.34. The van der Waals surface area contributed by atoms with Gasteiger partial charge in [-0.25, -0.2) is 14.8 Å². The van der Waals surface area contributed by atoms with E-state index in [2.05, 4.69) is 32.7 Å². The van der Waals surface area contributed by atoms with Crippen molar-refractivity contribution in [2.75, 3.05) is 50.5 Å². The van der Waals surface area contributed by atoms with E-state index >= 15 is 0 Å². The van der Waals surface area contributed by atoms with Crippen molar-refractivity contribution in [3.05, 3.63) is 41.7 Å². The molecular weight excluding hydrogens is 496 g/mol. The largest absolute Gasteiger partial charge is 0.364 e. The van der Waals surface area contributed by atoms with Gasteiger partial charge in [0.25, 0.3) is 5.91 Å². The van der Waals surface area contributed by atoms with Crippen molar-refractivity contribution < 1.29 is 14.4 Å². The molecule has 4 N–H and O–H groups in total. The van der Waals surface area contributed by atoms with Gasteiger partial charge in [0.1, 0.15) is 5.82 Å². The number of urea groups is 1. The lowest BCUT2D eigenvalue weighted by atomic mass is 9.89. The van der Waals surface area contributed by atoms with Crippen LogP contribution in [0.2, 0.25) is 0 Å². The average molecular weight is 535 g/mol. The molecule has 4 amide bonds. The summed E-state index contributed by atoms with van der Waals surface area (Å²) in [7, 11) is 3.43. The fourth-order valence-electron chi connectivity index (χ4n) is 5.40. The Morgan fingerprint density at radius 3 is 2.36 bits per heavy atom. The fraction of sp³-hybridized carbons (Fsp3) is 0.536. The predicted octanol–water partition coefficient (Wildman–Crippen LogP) is 2.68. The number of anilines is 3. The molecule has 0 spiro atoms. The zero-order valence-corrected chi connectivity index (χ0v) is 22.7. The molecule has 3 fully saturated rings. The molecule has 2 aromatic rings. The molecule has 1 aliphatic carbocycles. The van der Waals surface area contributed by atoms with Crippen LogP contribution in [0.1, 0.15) is 60.5 Å². The highest BCUT2D eigenvalue weighted by molar-refractivity contribution is 5.96. The molecular formula is C28H38N8O3. The summed E-state index contributed by atoms with van der Waals surface area (Å²) in [5.41, 5.74) is 7.70. The second-order valence-corrected chi connectivity index (χ2v) is 11.0. The third-order valence-electron chi connectivity index (χ3n) is 7.85. The molecule has 0 radical (unpaired) electrons. The highest BCUT2D eigenvalue weighted by atomic mass is 16.2. The Kier molecular flexibility index (Phi) is 7.85. The molecule has 39 heavy (non-hydrogen) atoms. The van der Waals surface area contributed by atoms with Crippen LogP contribution in [0.5, 0.6) is 0 Å². The lowest BCUT2D eigenvalue weighted by molar-refractivity contribution is -0.133. The Morgan fingerprint density at radius 1 is 1.00 bits per heavy atom. The summed E-state index contributed by atoms with van der Waals surface area (Å²) in [6, 6.07) is 8.01. The quantitative estimate of drug-likeness (QED) is 0.497. The Balaban J connectivity index is 1.24. The number of carbonyl (C=O) groups excluding carboxylic acids is 3. The van der Waals surface area contributed by atoms with Crippen molar-refractivity contribution in [1.29, 1.82) is 0 Å². The minimum atomic E-state index is -0.657. The average Bonchev–Trinajstić information content (AvgIpc) is 3.79. The zero-order valence-electron chi connectivity index (χ0n) is 22.7. The molecule has 2 aliphatic heterocycles. The van der Waals surface area contributed by atoms with Crippen LogP contribution in [-0.4, -0.2) is 83.9 Å². The number of nitrogens with zero attached hydrogens (tertiary/aromatic N) is 5. The Hall–Kier alpha value is -3.89. The summed E-state index contributed by atoms with van der Waals surface area (Å²) in [5, 5.41) is 6.27. The topological polar surface area (TPSA) is 137 Å². The molecule has 1 atom stereocenters. The van der Waals surface area contributed by atoms with Crippen LogP contribution in [0.3, 0.4) is 0 Å².